The average molecular weight is 550 g/mol. The van der Waals surface area contributed by atoms with E-state index in [1.807, 2.05) is 0 Å². The van der Waals surface area contributed by atoms with Crippen LogP contribution < -0.4 is 15.4 Å². The number of halogens is 3. The van der Waals surface area contributed by atoms with Crippen molar-refractivity contribution in [3.05, 3.63) is 27.2 Å². The molecule has 3 amide bonds. The number of hydrogen-bond donors (Lipinski definition) is 2. The van der Waals surface area contributed by atoms with Gasteiger partial charge in [0.15, 0.2) is 0 Å². The van der Waals surface area contributed by atoms with Gasteiger partial charge in [-0.25, -0.2) is 0 Å². The summed E-state index contributed by atoms with van der Waals surface area (Å²) >= 11 is 18.2. The highest BCUT2D eigenvalue weighted by Crippen LogP contribution is 2.59. The summed E-state index contributed by atoms with van der Waals surface area (Å²) in [6.45, 7) is -1.04. The molecule has 0 radical (unpaired) electrons. The van der Waals surface area contributed by atoms with Gasteiger partial charge < -0.3 is 11.1 Å². The van der Waals surface area contributed by atoms with Crippen LogP contribution in [0.3, 0.4) is 0 Å². The van der Waals surface area contributed by atoms with Crippen molar-refractivity contribution in [1.29, 1.82) is 0 Å². The summed E-state index contributed by atoms with van der Waals surface area (Å²) in [5.41, 5.74) is 5.04. The normalized spacial score (nSPS) is 34.0. The van der Waals surface area contributed by atoms with Crippen LogP contribution in [0.2, 0.25) is 15.1 Å². The zero-order valence-corrected chi connectivity index (χ0v) is 21.1. The molecule has 4 bridgehead atoms. The number of amides is 3. The number of nitrogens with two attached hydrogens (primary N) is 1. The Morgan fingerprint density at radius 1 is 1.09 bits per heavy atom. The molecule has 184 valence electrons. The van der Waals surface area contributed by atoms with E-state index in [2.05, 4.69) is 5.32 Å². The van der Waals surface area contributed by atoms with E-state index in [0.717, 1.165) is 23.6 Å². The fraction of sp³-hybridized carbons (Fsp3) is 0.571. The summed E-state index contributed by atoms with van der Waals surface area (Å²) in [7, 11) is -4.38. The third-order valence-electron chi connectivity index (χ3n) is 7.72. The molecule has 1 aliphatic heterocycles. The Morgan fingerprint density at radius 2 is 1.68 bits per heavy atom. The lowest BCUT2D eigenvalue weighted by atomic mass is 9.47. The minimum atomic E-state index is -4.38. The van der Waals surface area contributed by atoms with E-state index < -0.39 is 40.5 Å². The number of rotatable bonds is 5. The number of carbonyl (C=O) groups excluding carboxylic acids is 3. The molecule has 1 saturated heterocycles. The van der Waals surface area contributed by atoms with Crippen LogP contribution in [0.5, 0.6) is 0 Å². The van der Waals surface area contributed by atoms with Crippen molar-refractivity contribution in [1.82, 2.24) is 9.62 Å². The van der Waals surface area contributed by atoms with Crippen LogP contribution in [-0.4, -0.2) is 49.6 Å². The largest absolute Gasteiger partial charge is 0.369 e. The van der Waals surface area contributed by atoms with Crippen molar-refractivity contribution in [3.8, 4) is 0 Å². The van der Waals surface area contributed by atoms with E-state index >= 15 is 0 Å². The molecule has 2 atom stereocenters. The van der Waals surface area contributed by atoms with Crippen LogP contribution in [0, 0.1) is 23.2 Å². The number of anilines is 1. The predicted molar refractivity (Wildman–Crippen MR) is 127 cm³/mol. The predicted octanol–water partition coefficient (Wildman–Crippen LogP) is 2.34. The van der Waals surface area contributed by atoms with Gasteiger partial charge in [0.2, 0.25) is 11.8 Å². The molecule has 13 heteroatoms. The molecule has 0 spiro atoms. The van der Waals surface area contributed by atoms with Crippen molar-refractivity contribution in [2.24, 2.45) is 28.9 Å². The first-order valence-corrected chi connectivity index (χ1v) is 13.5. The fourth-order valence-electron chi connectivity index (χ4n) is 6.60. The van der Waals surface area contributed by atoms with Gasteiger partial charge in [-0.1, -0.05) is 34.8 Å². The first-order chi connectivity index (χ1) is 15.9. The highest BCUT2D eigenvalue weighted by molar-refractivity contribution is 7.91. The standard InChI is InChI=1S/C21H23Cl3N4O5S/c22-13-3-14(23)19(15(24)4-13)28-17(30)9-27(34(28,32)33)8-16(29)26-18-11-1-10-2-12(18)7-21(5-10,6-11)20(25)31/h3-4,10-12,18H,1-2,5-9H2,(H2,25,31)(H,26,29). The van der Waals surface area contributed by atoms with Crippen molar-refractivity contribution >= 4 is 68.4 Å². The molecular formula is C21H23Cl3N4O5S. The molecule has 0 aromatic heterocycles. The summed E-state index contributed by atoms with van der Waals surface area (Å²) in [6.07, 6.45) is 3.93. The molecule has 1 aromatic carbocycles. The highest BCUT2D eigenvalue weighted by Gasteiger charge is 2.58. The van der Waals surface area contributed by atoms with Crippen molar-refractivity contribution in [3.63, 3.8) is 0 Å². The summed E-state index contributed by atoms with van der Waals surface area (Å²) < 4.78 is 27.6. The van der Waals surface area contributed by atoms with Crippen LogP contribution in [-0.2, 0) is 24.6 Å². The Bertz CT molecular complexity index is 1170. The molecule has 6 rings (SSSR count). The quantitative estimate of drug-likeness (QED) is 0.582. The Kier molecular flexibility index (Phi) is 5.84. The van der Waals surface area contributed by atoms with Gasteiger partial charge in [0.1, 0.15) is 0 Å². The lowest BCUT2D eigenvalue weighted by Gasteiger charge is -2.58. The summed E-state index contributed by atoms with van der Waals surface area (Å²) in [5, 5.41) is 2.98. The molecule has 5 aliphatic rings. The number of benzene rings is 1. The van der Waals surface area contributed by atoms with Crippen molar-refractivity contribution < 1.29 is 22.8 Å². The van der Waals surface area contributed by atoms with E-state index in [1.54, 1.807) is 0 Å². The maximum absolute atomic E-state index is 13.1. The molecule has 9 nitrogen and oxygen atoms in total. The van der Waals surface area contributed by atoms with Gasteiger partial charge in [0.25, 0.3) is 5.91 Å². The van der Waals surface area contributed by atoms with Gasteiger partial charge in [-0.15, -0.1) is 0 Å². The lowest BCUT2D eigenvalue weighted by molar-refractivity contribution is -0.147. The van der Waals surface area contributed by atoms with Crippen LogP contribution in [0.15, 0.2) is 12.1 Å². The molecule has 5 fully saturated rings. The Morgan fingerprint density at radius 3 is 2.24 bits per heavy atom. The SMILES string of the molecule is NC(=O)C12CC3CC(C1)C(NC(=O)CN1CC(=O)N(c4c(Cl)cc(Cl)cc4Cl)S1(=O)=O)C(C3)C2. The number of primary amides is 1. The minimum Gasteiger partial charge on any atom is -0.369 e. The molecule has 1 aromatic rings. The number of carbonyl (C=O) groups is 3. The molecule has 1 heterocycles. The maximum atomic E-state index is 13.1. The van der Waals surface area contributed by atoms with Gasteiger partial charge in [0.05, 0.1) is 28.8 Å². The van der Waals surface area contributed by atoms with Crippen LogP contribution in [0.4, 0.5) is 5.69 Å². The molecular weight excluding hydrogens is 527 g/mol. The second-order valence-electron chi connectivity index (χ2n) is 9.86. The maximum Gasteiger partial charge on any atom is 0.311 e. The Balaban J connectivity index is 1.31. The summed E-state index contributed by atoms with van der Waals surface area (Å²) in [6, 6.07) is 2.43. The van der Waals surface area contributed by atoms with E-state index in [9.17, 15) is 22.8 Å². The van der Waals surface area contributed by atoms with E-state index in [0.29, 0.717) is 23.1 Å². The van der Waals surface area contributed by atoms with Crippen molar-refractivity contribution in [2.75, 3.05) is 17.4 Å². The smallest absolute Gasteiger partial charge is 0.311 e. The zero-order valence-electron chi connectivity index (χ0n) is 18.0. The van der Waals surface area contributed by atoms with Gasteiger partial charge in [0, 0.05) is 16.5 Å². The minimum absolute atomic E-state index is 0.0993. The average Bonchev–Trinajstić information content (AvgIpc) is 2.92. The van der Waals surface area contributed by atoms with Crippen LogP contribution in [0.1, 0.15) is 32.1 Å². The zero-order chi connectivity index (χ0) is 24.6. The van der Waals surface area contributed by atoms with Gasteiger partial charge in [-0.3, -0.25) is 14.4 Å². The second-order valence-corrected chi connectivity index (χ2v) is 12.9. The monoisotopic (exact) mass is 548 g/mol. The lowest BCUT2D eigenvalue weighted by Crippen LogP contribution is -2.62. The highest BCUT2D eigenvalue weighted by atomic mass is 35.5. The number of nitrogens with zero attached hydrogens (tertiary/aromatic N) is 2. The van der Waals surface area contributed by atoms with Gasteiger partial charge >= 0.3 is 10.2 Å². The summed E-state index contributed by atoms with van der Waals surface area (Å²) in [4.78, 5) is 37.7. The molecule has 4 saturated carbocycles. The summed E-state index contributed by atoms with van der Waals surface area (Å²) in [5.74, 6) is -0.866. The third-order valence-corrected chi connectivity index (χ3v) is 10.3. The van der Waals surface area contributed by atoms with E-state index in [4.69, 9.17) is 40.5 Å². The first kappa shape index (κ1) is 24.1. The molecule has 3 N–H and O–H groups in total. The third kappa shape index (κ3) is 3.78. The van der Waals surface area contributed by atoms with Crippen molar-refractivity contribution in [2.45, 2.75) is 38.1 Å². The molecule has 34 heavy (non-hydrogen) atoms. The van der Waals surface area contributed by atoms with Crippen LogP contribution in [0.25, 0.3) is 0 Å². The first-order valence-electron chi connectivity index (χ1n) is 11.0. The van der Waals surface area contributed by atoms with Gasteiger partial charge in [-0.05, 0) is 62.0 Å². The Hall–Kier alpha value is -1.59. The topological polar surface area (TPSA) is 130 Å². The number of nitrogens with one attached hydrogen (secondary N) is 1. The Labute approximate surface area is 212 Å². The van der Waals surface area contributed by atoms with Gasteiger partial charge in [-0.2, -0.15) is 17.0 Å². The number of hydrogen-bond acceptors (Lipinski definition) is 5. The van der Waals surface area contributed by atoms with E-state index in [1.165, 1.54) is 12.1 Å². The van der Waals surface area contributed by atoms with E-state index in [-0.39, 0.29) is 44.5 Å². The molecule has 2 unspecified atom stereocenters. The second kappa shape index (κ2) is 8.23. The fourth-order valence-corrected chi connectivity index (χ4v) is 9.21. The molecule has 4 aliphatic carbocycles. The van der Waals surface area contributed by atoms with Crippen LogP contribution >= 0.6 is 34.8 Å².